The van der Waals surface area contributed by atoms with Gasteiger partial charge in [0, 0.05) is 30.3 Å². The van der Waals surface area contributed by atoms with E-state index in [4.69, 9.17) is 8.94 Å². The Morgan fingerprint density at radius 1 is 1.00 bits per heavy atom. The number of amides is 1. The van der Waals surface area contributed by atoms with Gasteiger partial charge in [-0.1, -0.05) is 59.8 Å². The molecule has 1 aliphatic carbocycles. The van der Waals surface area contributed by atoms with Crippen LogP contribution in [0, 0.1) is 13.8 Å². The third-order valence-electron chi connectivity index (χ3n) is 7.88. The molecule has 2 aromatic heterocycles. The van der Waals surface area contributed by atoms with Crippen molar-refractivity contribution in [3.63, 3.8) is 0 Å². The summed E-state index contributed by atoms with van der Waals surface area (Å²) >= 11 is 0. The monoisotopic (exact) mass is 582 g/mol. The van der Waals surface area contributed by atoms with Crippen LogP contribution in [0.5, 0.6) is 0 Å². The maximum atomic E-state index is 13.8. The molecule has 10 heteroatoms. The summed E-state index contributed by atoms with van der Waals surface area (Å²) in [5.74, 6) is 0.529. The molecule has 1 fully saturated rings. The molecule has 42 heavy (non-hydrogen) atoms. The SMILES string of the molecule is Cc1noc(NS(=O)(=O)c2ccccc2-c2ccc(-c3ncco3)cc2CN(C)C(=O)C2(c3ccccc3)CC2)c1C. The first-order valence-corrected chi connectivity index (χ1v) is 15.1. The molecule has 5 aromatic rings. The van der Waals surface area contributed by atoms with Crippen molar-refractivity contribution in [1.29, 1.82) is 0 Å². The Morgan fingerprint density at radius 3 is 2.40 bits per heavy atom. The molecule has 214 valence electrons. The molecule has 0 unspecified atom stereocenters. The zero-order valence-corrected chi connectivity index (χ0v) is 24.3. The minimum atomic E-state index is -4.06. The van der Waals surface area contributed by atoms with Crippen molar-refractivity contribution in [2.24, 2.45) is 0 Å². The highest BCUT2D eigenvalue weighted by molar-refractivity contribution is 7.92. The lowest BCUT2D eigenvalue weighted by Gasteiger charge is -2.25. The first kappa shape index (κ1) is 27.5. The highest BCUT2D eigenvalue weighted by Crippen LogP contribution is 2.49. The molecule has 1 amide bonds. The molecule has 1 saturated carbocycles. The number of anilines is 1. The van der Waals surface area contributed by atoms with Crippen molar-refractivity contribution in [1.82, 2.24) is 15.0 Å². The van der Waals surface area contributed by atoms with Crippen molar-refractivity contribution < 1.29 is 22.2 Å². The first-order chi connectivity index (χ1) is 20.2. The molecular weight excluding hydrogens is 552 g/mol. The van der Waals surface area contributed by atoms with Gasteiger partial charge in [0.1, 0.15) is 6.26 Å². The lowest BCUT2D eigenvalue weighted by molar-refractivity contribution is -0.133. The van der Waals surface area contributed by atoms with Crippen molar-refractivity contribution in [2.45, 2.75) is 43.5 Å². The molecule has 1 N–H and O–H groups in total. The second-order valence-corrected chi connectivity index (χ2v) is 12.3. The van der Waals surface area contributed by atoms with Gasteiger partial charge in [0.05, 0.1) is 22.2 Å². The number of aryl methyl sites for hydroxylation is 1. The number of aromatic nitrogens is 2. The minimum Gasteiger partial charge on any atom is -0.445 e. The number of sulfonamides is 1. The van der Waals surface area contributed by atoms with Gasteiger partial charge in [-0.15, -0.1) is 0 Å². The van der Waals surface area contributed by atoms with Crippen LogP contribution in [0.15, 0.2) is 99.1 Å². The number of hydrogen-bond acceptors (Lipinski definition) is 7. The lowest BCUT2D eigenvalue weighted by Crippen LogP contribution is -2.36. The summed E-state index contributed by atoms with van der Waals surface area (Å²) in [6.45, 7) is 3.73. The van der Waals surface area contributed by atoms with Gasteiger partial charge < -0.3 is 13.8 Å². The Balaban J connectivity index is 1.40. The van der Waals surface area contributed by atoms with E-state index in [0.717, 1.165) is 29.5 Å². The number of benzene rings is 3. The summed E-state index contributed by atoms with van der Waals surface area (Å²) in [6, 6.07) is 22.2. The largest absolute Gasteiger partial charge is 0.445 e. The highest BCUT2D eigenvalue weighted by Gasteiger charge is 2.52. The van der Waals surface area contributed by atoms with E-state index in [1.165, 1.54) is 6.26 Å². The number of carbonyl (C=O) groups is 1. The van der Waals surface area contributed by atoms with E-state index < -0.39 is 15.4 Å². The van der Waals surface area contributed by atoms with E-state index >= 15 is 0 Å². The Hall–Kier alpha value is -4.70. The van der Waals surface area contributed by atoms with E-state index in [-0.39, 0.29) is 23.2 Å². The number of hydrogen-bond donors (Lipinski definition) is 1. The number of nitrogens with zero attached hydrogens (tertiary/aromatic N) is 3. The van der Waals surface area contributed by atoms with Gasteiger partial charge in [-0.2, -0.15) is 0 Å². The zero-order valence-electron chi connectivity index (χ0n) is 23.5. The molecule has 0 spiro atoms. The molecule has 1 aliphatic rings. The van der Waals surface area contributed by atoms with E-state index in [9.17, 15) is 13.2 Å². The van der Waals surface area contributed by atoms with Gasteiger partial charge in [0.15, 0.2) is 0 Å². The molecule has 9 nitrogen and oxygen atoms in total. The second kappa shape index (κ2) is 10.6. The Morgan fingerprint density at radius 2 is 1.74 bits per heavy atom. The Bertz CT molecular complexity index is 1860. The third-order valence-corrected chi connectivity index (χ3v) is 9.26. The van der Waals surface area contributed by atoms with Crippen LogP contribution in [0.3, 0.4) is 0 Å². The fourth-order valence-electron chi connectivity index (χ4n) is 5.30. The van der Waals surface area contributed by atoms with E-state index in [2.05, 4.69) is 14.9 Å². The van der Waals surface area contributed by atoms with Crippen molar-refractivity contribution in [2.75, 3.05) is 11.8 Å². The minimum absolute atomic E-state index is 0.0277. The van der Waals surface area contributed by atoms with E-state index in [0.29, 0.717) is 28.3 Å². The topological polar surface area (TPSA) is 119 Å². The van der Waals surface area contributed by atoms with Crippen molar-refractivity contribution in [3.8, 4) is 22.6 Å². The predicted molar refractivity (Wildman–Crippen MR) is 158 cm³/mol. The summed E-state index contributed by atoms with van der Waals surface area (Å²) in [5.41, 5.74) is 4.31. The van der Waals surface area contributed by atoms with Crippen LogP contribution in [0.25, 0.3) is 22.6 Å². The quantitative estimate of drug-likeness (QED) is 0.223. The van der Waals surface area contributed by atoms with E-state index in [1.54, 1.807) is 56.3 Å². The van der Waals surface area contributed by atoms with Crippen LogP contribution >= 0.6 is 0 Å². The van der Waals surface area contributed by atoms with Crippen molar-refractivity contribution >= 4 is 21.8 Å². The summed E-state index contributed by atoms with van der Waals surface area (Å²) in [5, 5.41) is 3.86. The molecule has 3 aromatic carbocycles. The predicted octanol–water partition coefficient (Wildman–Crippen LogP) is 6.10. The molecule has 0 radical (unpaired) electrons. The van der Waals surface area contributed by atoms with E-state index in [1.807, 2.05) is 48.5 Å². The maximum absolute atomic E-state index is 13.8. The van der Waals surface area contributed by atoms with Gasteiger partial charge in [-0.3, -0.25) is 4.79 Å². The highest BCUT2D eigenvalue weighted by atomic mass is 32.2. The fourth-order valence-corrected chi connectivity index (χ4v) is 6.57. The number of carbonyl (C=O) groups excluding carboxylic acids is 1. The van der Waals surface area contributed by atoms with Crippen LogP contribution in [0.1, 0.15) is 35.2 Å². The molecule has 6 rings (SSSR count). The average molecular weight is 583 g/mol. The normalized spacial score (nSPS) is 14.0. The lowest BCUT2D eigenvalue weighted by atomic mass is 9.93. The van der Waals surface area contributed by atoms with Gasteiger partial charge in [-0.05, 0) is 61.6 Å². The number of nitrogens with one attached hydrogen (secondary N) is 1. The van der Waals surface area contributed by atoms with Crippen molar-refractivity contribution in [3.05, 3.63) is 108 Å². The average Bonchev–Trinajstić information content (AvgIpc) is 3.51. The molecule has 0 saturated heterocycles. The molecule has 2 heterocycles. The number of rotatable bonds is 9. The maximum Gasteiger partial charge on any atom is 0.264 e. The Kier molecular flexibility index (Phi) is 6.94. The van der Waals surface area contributed by atoms with Crippen LogP contribution in [0.4, 0.5) is 5.88 Å². The smallest absolute Gasteiger partial charge is 0.264 e. The van der Waals surface area contributed by atoms with Crippen LogP contribution < -0.4 is 4.72 Å². The van der Waals surface area contributed by atoms with Gasteiger partial charge in [0.25, 0.3) is 10.0 Å². The zero-order chi connectivity index (χ0) is 29.5. The number of oxazole rings is 1. The van der Waals surface area contributed by atoms with Crippen LogP contribution in [-0.2, 0) is 26.8 Å². The van der Waals surface area contributed by atoms with Crippen LogP contribution in [0.2, 0.25) is 0 Å². The van der Waals surface area contributed by atoms with Gasteiger partial charge in [0.2, 0.25) is 17.7 Å². The molecule has 0 aliphatic heterocycles. The van der Waals surface area contributed by atoms with Gasteiger partial charge >= 0.3 is 0 Å². The second-order valence-electron chi connectivity index (χ2n) is 10.6. The van der Waals surface area contributed by atoms with Gasteiger partial charge in [-0.25, -0.2) is 18.1 Å². The summed E-state index contributed by atoms with van der Waals surface area (Å²) < 4.78 is 40.6. The Labute approximate surface area is 244 Å². The summed E-state index contributed by atoms with van der Waals surface area (Å²) in [6.07, 6.45) is 4.64. The fraction of sp³-hybridized carbons (Fsp3) is 0.219. The third kappa shape index (κ3) is 4.98. The summed E-state index contributed by atoms with van der Waals surface area (Å²) in [4.78, 5) is 19.9. The van der Waals surface area contributed by atoms with Crippen LogP contribution in [-0.4, -0.2) is 36.4 Å². The first-order valence-electron chi connectivity index (χ1n) is 13.6. The molecule has 0 bridgehead atoms. The number of likely N-dealkylation sites (N-methyl/N-ethyl adjacent to an activating group) is 1. The molecule has 0 atom stereocenters. The summed E-state index contributed by atoms with van der Waals surface area (Å²) in [7, 11) is -2.28. The molecular formula is C32H30N4O5S. The standard InChI is InChI=1S/C32H30N4O5S/c1-21-22(2)34-41-29(21)35-42(38,39)28-12-8-7-11-27(28)26-14-13-23(30-33-17-18-40-30)19-24(26)20-36(3)31(37)32(15-16-32)25-9-5-4-6-10-25/h4-14,17-19,35H,15-16,20H2,1-3H3.